The molecular formula is C33H54N2. The van der Waals surface area contributed by atoms with Crippen molar-refractivity contribution in [3.05, 3.63) is 47.8 Å². The van der Waals surface area contributed by atoms with E-state index in [2.05, 4.69) is 48.1 Å². The van der Waals surface area contributed by atoms with Crippen LogP contribution in [0.2, 0.25) is 0 Å². The maximum atomic E-state index is 4.65. The van der Waals surface area contributed by atoms with Crippen molar-refractivity contribution in [2.75, 3.05) is 0 Å². The molecule has 2 aromatic rings. The largest absolute Gasteiger partial charge is 0.236 e. The molecule has 0 amide bonds. The third kappa shape index (κ3) is 14.5. The number of hydrogen-bond acceptors (Lipinski definition) is 2. The standard InChI is InChI=1S/C33H54N2/c1-3-5-7-9-11-12-13-14-15-17-19-21-23-31-28-34-33(35-29-31)32-26-24-30(25-27-32)22-20-18-16-10-8-6-4-2/h24-29H,3-23H2,1-2H3. The Morgan fingerprint density at radius 1 is 0.429 bits per heavy atom. The lowest BCUT2D eigenvalue weighted by Gasteiger charge is -2.06. The minimum absolute atomic E-state index is 0.853. The Labute approximate surface area is 217 Å². The third-order valence-corrected chi connectivity index (χ3v) is 7.31. The summed E-state index contributed by atoms with van der Waals surface area (Å²) in [6, 6.07) is 8.90. The van der Waals surface area contributed by atoms with Gasteiger partial charge in [-0.2, -0.15) is 0 Å². The Morgan fingerprint density at radius 2 is 0.800 bits per heavy atom. The fraction of sp³-hybridized carbons (Fsp3) is 0.697. The maximum Gasteiger partial charge on any atom is 0.159 e. The van der Waals surface area contributed by atoms with Crippen LogP contribution in [-0.4, -0.2) is 9.97 Å². The van der Waals surface area contributed by atoms with Crippen molar-refractivity contribution < 1.29 is 0 Å². The molecule has 0 saturated carbocycles. The SMILES string of the molecule is CCCCCCCCCCCCCCc1cnc(-c2ccc(CCCCCCCCC)cc2)nc1. The van der Waals surface area contributed by atoms with Gasteiger partial charge in [-0.25, -0.2) is 9.97 Å². The number of hydrogen-bond donors (Lipinski definition) is 0. The highest BCUT2D eigenvalue weighted by Crippen LogP contribution is 2.18. The Hall–Kier alpha value is -1.70. The van der Waals surface area contributed by atoms with Crippen molar-refractivity contribution in [2.45, 2.75) is 149 Å². The number of unbranched alkanes of at least 4 members (excludes halogenated alkanes) is 17. The van der Waals surface area contributed by atoms with E-state index in [1.807, 2.05) is 12.4 Å². The van der Waals surface area contributed by atoms with Gasteiger partial charge in [-0.15, -0.1) is 0 Å². The summed E-state index contributed by atoms with van der Waals surface area (Å²) in [6.07, 6.45) is 32.7. The molecule has 1 heterocycles. The monoisotopic (exact) mass is 478 g/mol. The molecule has 0 N–H and O–H groups in total. The van der Waals surface area contributed by atoms with Crippen LogP contribution in [0.15, 0.2) is 36.7 Å². The molecule has 2 rings (SSSR count). The van der Waals surface area contributed by atoms with Crippen LogP contribution in [0.25, 0.3) is 11.4 Å². The normalized spacial score (nSPS) is 11.3. The molecule has 0 aliphatic carbocycles. The zero-order valence-electron chi connectivity index (χ0n) is 23.2. The zero-order chi connectivity index (χ0) is 24.8. The van der Waals surface area contributed by atoms with Gasteiger partial charge >= 0.3 is 0 Å². The molecule has 0 saturated heterocycles. The molecule has 0 fully saturated rings. The van der Waals surface area contributed by atoms with Gasteiger partial charge in [0.1, 0.15) is 0 Å². The number of nitrogens with zero attached hydrogens (tertiary/aromatic N) is 2. The molecule has 1 aromatic carbocycles. The summed E-state index contributed by atoms with van der Waals surface area (Å²) in [4.78, 5) is 9.31. The molecular weight excluding hydrogens is 424 g/mol. The van der Waals surface area contributed by atoms with E-state index < -0.39 is 0 Å². The van der Waals surface area contributed by atoms with Gasteiger partial charge < -0.3 is 0 Å². The van der Waals surface area contributed by atoms with Crippen LogP contribution in [0, 0.1) is 0 Å². The third-order valence-electron chi connectivity index (χ3n) is 7.31. The van der Waals surface area contributed by atoms with E-state index in [-0.39, 0.29) is 0 Å². The van der Waals surface area contributed by atoms with E-state index in [1.165, 1.54) is 140 Å². The molecule has 0 unspecified atom stereocenters. The second kappa shape index (κ2) is 20.5. The van der Waals surface area contributed by atoms with Gasteiger partial charge in [-0.1, -0.05) is 147 Å². The van der Waals surface area contributed by atoms with E-state index in [9.17, 15) is 0 Å². The lowest BCUT2D eigenvalue weighted by molar-refractivity contribution is 0.544. The molecule has 0 aliphatic rings. The second-order valence-corrected chi connectivity index (χ2v) is 10.6. The maximum absolute atomic E-state index is 4.65. The molecule has 35 heavy (non-hydrogen) atoms. The first-order chi connectivity index (χ1) is 17.3. The quantitative estimate of drug-likeness (QED) is 0.157. The van der Waals surface area contributed by atoms with Crippen LogP contribution < -0.4 is 0 Å². The lowest BCUT2D eigenvalue weighted by Crippen LogP contribution is -1.94. The first-order valence-corrected chi connectivity index (χ1v) is 15.2. The van der Waals surface area contributed by atoms with Crippen molar-refractivity contribution in [3.63, 3.8) is 0 Å². The first-order valence-electron chi connectivity index (χ1n) is 15.2. The smallest absolute Gasteiger partial charge is 0.159 e. The Kier molecular flexibility index (Phi) is 17.3. The van der Waals surface area contributed by atoms with Crippen LogP contribution in [-0.2, 0) is 12.8 Å². The Bertz CT molecular complexity index is 720. The van der Waals surface area contributed by atoms with Gasteiger partial charge in [0.2, 0.25) is 0 Å². The highest BCUT2D eigenvalue weighted by molar-refractivity contribution is 5.55. The van der Waals surface area contributed by atoms with Gasteiger partial charge in [0.15, 0.2) is 5.82 Å². The average Bonchev–Trinajstić information content (AvgIpc) is 2.89. The molecule has 0 bridgehead atoms. The van der Waals surface area contributed by atoms with E-state index in [0.717, 1.165) is 17.8 Å². The van der Waals surface area contributed by atoms with E-state index in [4.69, 9.17) is 0 Å². The van der Waals surface area contributed by atoms with Crippen LogP contribution in [0.3, 0.4) is 0 Å². The first kappa shape index (κ1) is 29.5. The molecule has 0 aliphatic heterocycles. The summed E-state index contributed by atoms with van der Waals surface area (Å²) in [6.45, 7) is 4.57. The van der Waals surface area contributed by atoms with Gasteiger partial charge in [-0.05, 0) is 36.8 Å². The number of rotatable bonds is 22. The van der Waals surface area contributed by atoms with Crippen LogP contribution in [0.5, 0.6) is 0 Å². The van der Waals surface area contributed by atoms with Crippen molar-refractivity contribution in [2.24, 2.45) is 0 Å². The van der Waals surface area contributed by atoms with Gasteiger partial charge in [0.25, 0.3) is 0 Å². The number of aryl methyl sites for hydroxylation is 2. The molecule has 0 spiro atoms. The predicted octanol–water partition coefficient (Wildman–Crippen LogP) is 10.7. The van der Waals surface area contributed by atoms with Crippen LogP contribution in [0.1, 0.15) is 147 Å². The molecule has 1 aromatic heterocycles. The van der Waals surface area contributed by atoms with E-state index in [1.54, 1.807) is 0 Å². The van der Waals surface area contributed by atoms with E-state index in [0.29, 0.717) is 0 Å². The topological polar surface area (TPSA) is 25.8 Å². The lowest BCUT2D eigenvalue weighted by atomic mass is 10.0. The summed E-state index contributed by atoms with van der Waals surface area (Å²) < 4.78 is 0. The average molecular weight is 479 g/mol. The predicted molar refractivity (Wildman–Crippen MR) is 154 cm³/mol. The molecule has 2 heteroatoms. The number of benzene rings is 1. The van der Waals surface area contributed by atoms with Gasteiger partial charge in [0, 0.05) is 18.0 Å². The summed E-state index contributed by atoms with van der Waals surface area (Å²) in [5, 5.41) is 0. The van der Waals surface area contributed by atoms with Crippen LogP contribution >= 0.6 is 0 Å². The second-order valence-electron chi connectivity index (χ2n) is 10.6. The summed E-state index contributed by atoms with van der Waals surface area (Å²) >= 11 is 0. The van der Waals surface area contributed by atoms with Crippen molar-refractivity contribution in [1.82, 2.24) is 9.97 Å². The Balaban J connectivity index is 1.53. The summed E-state index contributed by atoms with van der Waals surface area (Å²) in [7, 11) is 0. The molecule has 196 valence electrons. The molecule has 2 nitrogen and oxygen atoms in total. The van der Waals surface area contributed by atoms with Gasteiger partial charge in [0.05, 0.1) is 0 Å². The molecule has 0 radical (unpaired) electrons. The van der Waals surface area contributed by atoms with Crippen LogP contribution in [0.4, 0.5) is 0 Å². The fourth-order valence-electron chi connectivity index (χ4n) is 4.91. The molecule has 0 atom stereocenters. The minimum atomic E-state index is 0.853. The number of aromatic nitrogens is 2. The van der Waals surface area contributed by atoms with Crippen molar-refractivity contribution >= 4 is 0 Å². The fourth-order valence-corrected chi connectivity index (χ4v) is 4.91. The zero-order valence-corrected chi connectivity index (χ0v) is 23.2. The summed E-state index contributed by atoms with van der Waals surface area (Å²) in [5.74, 6) is 0.853. The van der Waals surface area contributed by atoms with Crippen molar-refractivity contribution in [3.8, 4) is 11.4 Å². The highest BCUT2D eigenvalue weighted by Gasteiger charge is 2.03. The Morgan fingerprint density at radius 3 is 1.23 bits per heavy atom. The minimum Gasteiger partial charge on any atom is -0.236 e. The summed E-state index contributed by atoms with van der Waals surface area (Å²) in [5.41, 5.74) is 3.84. The highest BCUT2D eigenvalue weighted by atomic mass is 14.9. The van der Waals surface area contributed by atoms with E-state index >= 15 is 0 Å². The van der Waals surface area contributed by atoms with Crippen molar-refractivity contribution in [1.29, 1.82) is 0 Å². The van der Waals surface area contributed by atoms with Gasteiger partial charge in [-0.3, -0.25) is 0 Å².